The smallest absolute Gasteiger partial charge is 0.142 e. The maximum absolute atomic E-state index is 9.59. The van der Waals surface area contributed by atoms with Crippen LogP contribution < -0.4 is 9.64 Å². The predicted octanol–water partition coefficient (Wildman–Crippen LogP) is 3.27. The number of benzene rings is 1. The first-order valence-electron chi connectivity index (χ1n) is 6.94. The molecule has 0 heterocycles. The average Bonchev–Trinajstić information content (AvgIpc) is 2.38. The summed E-state index contributed by atoms with van der Waals surface area (Å²) < 4.78 is 5.45. The first kappa shape index (κ1) is 15.8. The standard InChI is InChI=1S/C16H27NO2/c1-11(2)13-7-8-16(19-6)14(9-13)17(5)15(10-18)12(3)4/h7-9,11-12,15,18H,10H2,1-6H3. The molecule has 1 unspecified atom stereocenters. The fourth-order valence-corrected chi connectivity index (χ4v) is 2.30. The van der Waals surface area contributed by atoms with E-state index in [2.05, 4.69) is 44.7 Å². The van der Waals surface area contributed by atoms with Crippen LogP contribution >= 0.6 is 0 Å². The molecule has 0 fully saturated rings. The third-order valence-electron chi connectivity index (χ3n) is 3.70. The highest BCUT2D eigenvalue weighted by Gasteiger charge is 2.21. The summed E-state index contributed by atoms with van der Waals surface area (Å²) in [4.78, 5) is 2.12. The second-order valence-corrected chi connectivity index (χ2v) is 5.69. The van der Waals surface area contributed by atoms with Crippen molar-refractivity contribution in [2.24, 2.45) is 5.92 Å². The highest BCUT2D eigenvalue weighted by atomic mass is 16.5. The van der Waals surface area contributed by atoms with Gasteiger partial charge in [-0.2, -0.15) is 0 Å². The summed E-state index contributed by atoms with van der Waals surface area (Å²) in [5, 5.41) is 9.59. The van der Waals surface area contributed by atoms with Crippen molar-refractivity contribution in [1.29, 1.82) is 0 Å². The Hall–Kier alpha value is -1.22. The number of ether oxygens (including phenoxy) is 1. The molecule has 0 amide bonds. The molecule has 1 atom stereocenters. The van der Waals surface area contributed by atoms with Gasteiger partial charge in [-0.05, 0) is 29.5 Å². The molecule has 0 saturated heterocycles. The molecule has 0 bridgehead atoms. The zero-order chi connectivity index (χ0) is 14.6. The molecule has 1 N–H and O–H groups in total. The predicted molar refractivity (Wildman–Crippen MR) is 81.2 cm³/mol. The van der Waals surface area contributed by atoms with Crippen molar-refractivity contribution in [2.75, 3.05) is 25.7 Å². The fraction of sp³-hybridized carbons (Fsp3) is 0.625. The Bertz CT molecular complexity index is 402. The van der Waals surface area contributed by atoms with Crippen LogP contribution in [0.3, 0.4) is 0 Å². The van der Waals surface area contributed by atoms with Crippen LogP contribution in [0.2, 0.25) is 0 Å². The van der Waals surface area contributed by atoms with E-state index in [9.17, 15) is 5.11 Å². The molecule has 0 aliphatic heterocycles. The van der Waals surface area contributed by atoms with Gasteiger partial charge in [-0.1, -0.05) is 33.8 Å². The summed E-state index contributed by atoms with van der Waals surface area (Å²) >= 11 is 0. The van der Waals surface area contributed by atoms with Crippen molar-refractivity contribution in [1.82, 2.24) is 0 Å². The van der Waals surface area contributed by atoms with Crippen LogP contribution in [0, 0.1) is 5.92 Å². The Labute approximate surface area is 117 Å². The van der Waals surface area contributed by atoms with Gasteiger partial charge in [-0.15, -0.1) is 0 Å². The number of aliphatic hydroxyl groups excluding tert-OH is 1. The number of anilines is 1. The normalized spacial score (nSPS) is 12.9. The average molecular weight is 265 g/mol. The lowest BCUT2D eigenvalue weighted by Crippen LogP contribution is -2.39. The lowest BCUT2D eigenvalue weighted by Gasteiger charge is -2.33. The van der Waals surface area contributed by atoms with Gasteiger partial charge in [0.2, 0.25) is 0 Å². The highest BCUT2D eigenvalue weighted by Crippen LogP contribution is 2.33. The first-order chi connectivity index (χ1) is 8.92. The SMILES string of the molecule is COc1ccc(C(C)C)cc1N(C)C(CO)C(C)C. The van der Waals surface area contributed by atoms with Gasteiger partial charge in [0.1, 0.15) is 5.75 Å². The van der Waals surface area contributed by atoms with E-state index in [1.165, 1.54) is 5.56 Å². The molecular formula is C16H27NO2. The number of aliphatic hydroxyl groups is 1. The molecular weight excluding hydrogens is 238 g/mol. The Kier molecular flexibility index (Phi) is 5.67. The van der Waals surface area contributed by atoms with Crippen LogP contribution in [0.1, 0.15) is 39.2 Å². The fourth-order valence-electron chi connectivity index (χ4n) is 2.30. The third-order valence-corrected chi connectivity index (χ3v) is 3.70. The minimum atomic E-state index is 0.0938. The van der Waals surface area contributed by atoms with Crippen molar-refractivity contribution in [3.63, 3.8) is 0 Å². The van der Waals surface area contributed by atoms with Crippen LogP contribution in [-0.2, 0) is 0 Å². The van der Waals surface area contributed by atoms with Gasteiger partial charge in [-0.25, -0.2) is 0 Å². The second kappa shape index (κ2) is 6.80. The van der Waals surface area contributed by atoms with Gasteiger partial charge in [0.05, 0.1) is 25.4 Å². The minimum absolute atomic E-state index is 0.0938. The molecule has 0 aromatic heterocycles. The molecule has 1 aromatic rings. The molecule has 108 valence electrons. The second-order valence-electron chi connectivity index (χ2n) is 5.69. The van der Waals surface area contributed by atoms with Gasteiger partial charge in [0.15, 0.2) is 0 Å². The lowest BCUT2D eigenvalue weighted by molar-refractivity contribution is 0.233. The molecule has 0 saturated carbocycles. The quantitative estimate of drug-likeness (QED) is 0.857. The molecule has 0 aliphatic rings. The van der Waals surface area contributed by atoms with Gasteiger partial charge in [-0.3, -0.25) is 0 Å². The van der Waals surface area contributed by atoms with Gasteiger partial charge in [0.25, 0.3) is 0 Å². The number of methoxy groups -OCH3 is 1. The van der Waals surface area contributed by atoms with Crippen LogP contribution in [0.25, 0.3) is 0 Å². The maximum Gasteiger partial charge on any atom is 0.142 e. The summed E-state index contributed by atoms with van der Waals surface area (Å²) in [5.74, 6) is 1.71. The Balaban J connectivity index is 3.18. The van der Waals surface area contributed by atoms with Crippen molar-refractivity contribution < 1.29 is 9.84 Å². The first-order valence-corrected chi connectivity index (χ1v) is 6.94. The number of likely N-dealkylation sites (N-methyl/N-ethyl adjacent to an activating group) is 1. The van der Waals surface area contributed by atoms with E-state index in [1.807, 2.05) is 13.1 Å². The molecule has 3 nitrogen and oxygen atoms in total. The maximum atomic E-state index is 9.59. The van der Waals surface area contributed by atoms with E-state index < -0.39 is 0 Å². The van der Waals surface area contributed by atoms with Crippen LogP contribution in [0.5, 0.6) is 5.75 Å². The Morgan fingerprint density at radius 1 is 1.21 bits per heavy atom. The molecule has 19 heavy (non-hydrogen) atoms. The van der Waals surface area contributed by atoms with E-state index in [0.717, 1.165) is 11.4 Å². The van der Waals surface area contributed by atoms with Crippen molar-refractivity contribution in [3.05, 3.63) is 23.8 Å². The monoisotopic (exact) mass is 265 g/mol. The van der Waals surface area contributed by atoms with E-state index >= 15 is 0 Å². The van der Waals surface area contributed by atoms with Crippen molar-refractivity contribution in [2.45, 2.75) is 39.7 Å². The molecule has 3 heteroatoms. The van der Waals surface area contributed by atoms with E-state index in [1.54, 1.807) is 7.11 Å². The van der Waals surface area contributed by atoms with Gasteiger partial charge < -0.3 is 14.7 Å². The Morgan fingerprint density at radius 3 is 2.26 bits per heavy atom. The molecule has 1 rings (SSSR count). The van der Waals surface area contributed by atoms with Crippen LogP contribution in [-0.4, -0.2) is 31.9 Å². The minimum Gasteiger partial charge on any atom is -0.495 e. The van der Waals surface area contributed by atoms with Crippen molar-refractivity contribution in [3.8, 4) is 5.75 Å². The molecule has 1 aromatic carbocycles. The molecule has 0 aliphatic carbocycles. The van der Waals surface area contributed by atoms with Crippen LogP contribution in [0.15, 0.2) is 18.2 Å². The summed E-state index contributed by atoms with van der Waals surface area (Å²) in [6, 6.07) is 6.37. The highest BCUT2D eigenvalue weighted by molar-refractivity contribution is 5.60. The van der Waals surface area contributed by atoms with E-state index in [0.29, 0.717) is 11.8 Å². The number of hydrogen-bond acceptors (Lipinski definition) is 3. The van der Waals surface area contributed by atoms with E-state index in [4.69, 9.17) is 4.74 Å². The van der Waals surface area contributed by atoms with E-state index in [-0.39, 0.29) is 12.6 Å². The van der Waals surface area contributed by atoms with Gasteiger partial charge >= 0.3 is 0 Å². The number of hydrogen-bond donors (Lipinski definition) is 1. The topological polar surface area (TPSA) is 32.7 Å². The summed E-state index contributed by atoms with van der Waals surface area (Å²) in [6.45, 7) is 8.74. The third kappa shape index (κ3) is 3.63. The number of rotatable bonds is 6. The molecule has 0 spiro atoms. The Morgan fingerprint density at radius 2 is 1.84 bits per heavy atom. The van der Waals surface area contributed by atoms with Crippen LogP contribution in [0.4, 0.5) is 5.69 Å². The lowest BCUT2D eigenvalue weighted by atomic mass is 9.99. The zero-order valence-corrected chi connectivity index (χ0v) is 13.0. The molecule has 0 radical (unpaired) electrons. The van der Waals surface area contributed by atoms with Crippen molar-refractivity contribution >= 4 is 5.69 Å². The zero-order valence-electron chi connectivity index (χ0n) is 13.0. The summed E-state index contributed by atoms with van der Waals surface area (Å²) in [5.41, 5.74) is 2.32. The summed E-state index contributed by atoms with van der Waals surface area (Å²) in [7, 11) is 3.70. The number of nitrogens with zero attached hydrogens (tertiary/aromatic N) is 1. The largest absolute Gasteiger partial charge is 0.495 e. The van der Waals surface area contributed by atoms with Gasteiger partial charge in [0, 0.05) is 7.05 Å². The summed E-state index contributed by atoms with van der Waals surface area (Å²) in [6.07, 6.45) is 0.